The number of primary amides is 1. The van der Waals surface area contributed by atoms with Crippen molar-refractivity contribution in [1.29, 1.82) is 0 Å². The Labute approximate surface area is 249 Å². The number of sulfonamides is 1. The number of fused-ring (bicyclic) bond motifs is 1. The fraction of sp³-hybridized carbons (Fsp3) is 0.467. The Morgan fingerprint density at radius 2 is 1.72 bits per heavy atom. The van der Waals surface area contributed by atoms with Crippen molar-refractivity contribution in [3.63, 3.8) is 0 Å². The number of H-pyrrole nitrogens is 1. The van der Waals surface area contributed by atoms with Crippen molar-refractivity contribution in [1.82, 2.24) is 14.6 Å². The number of amides is 1. The Balaban J connectivity index is 0.000000646. The lowest BCUT2D eigenvalue weighted by Gasteiger charge is -2.31. The maximum absolute atomic E-state index is 12.4. The van der Waals surface area contributed by atoms with Crippen LogP contribution in [0.2, 0.25) is 0 Å². The van der Waals surface area contributed by atoms with Crippen LogP contribution in [0.1, 0.15) is 67.9 Å². The van der Waals surface area contributed by atoms with Crippen LogP contribution in [0, 0.1) is 5.41 Å². The van der Waals surface area contributed by atoms with Crippen molar-refractivity contribution in [2.75, 3.05) is 25.4 Å². The van der Waals surface area contributed by atoms with E-state index in [2.05, 4.69) is 55.3 Å². The standard InChI is InChI=1S/C28H38N4O3S.C2HF3O2/c1-5-36(34,35)32-11-9-20(10-12-32)25-17-31-26-23(25)14-22(15-24(26)27(29)33)21-8-6-7-19(13-21)16-30-18-28(2,3)4;3-2(4,5)1(6)7/h6-8,13-15,17,20,30-31H,5,9-12,16,18H2,1-4H3,(H2,29,33);(H,6,7). The monoisotopic (exact) mass is 624 g/mol. The van der Waals surface area contributed by atoms with Crippen molar-refractivity contribution < 1.29 is 36.3 Å². The maximum Gasteiger partial charge on any atom is 0.490 e. The molecular weight excluding hydrogens is 585 g/mol. The predicted octanol–water partition coefficient (Wildman–Crippen LogP) is 5.23. The Morgan fingerprint density at radius 3 is 2.26 bits per heavy atom. The molecule has 0 atom stereocenters. The van der Waals surface area contributed by atoms with Crippen LogP contribution in [0.15, 0.2) is 42.6 Å². The molecule has 1 aromatic heterocycles. The fourth-order valence-electron chi connectivity index (χ4n) is 5.02. The van der Waals surface area contributed by atoms with E-state index in [1.807, 2.05) is 18.3 Å². The van der Waals surface area contributed by atoms with E-state index >= 15 is 0 Å². The lowest BCUT2D eigenvalue weighted by molar-refractivity contribution is -0.192. The summed E-state index contributed by atoms with van der Waals surface area (Å²) in [6, 6.07) is 12.3. The van der Waals surface area contributed by atoms with Crippen LogP contribution in [0.4, 0.5) is 13.2 Å². The van der Waals surface area contributed by atoms with Gasteiger partial charge in [0.2, 0.25) is 10.0 Å². The largest absolute Gasteiger partial charge is 0.490 e. The summed E-state index contributed by atoms with van der Waals surface area (Å²) in [6.45, 7) is 11.0. The van der Waals surface area contributed by atoms with Crippen LogP contribution in [0.3, 0.4) is 0 Å². The minimum absolute atomic E-state index is 0.126. The minimum atomic E-state index is -5.08. The van der Waals surface area contributed by atoms with E-state index in [1.54, 1.807) is 11.2 Å². The van der Waals surface area contributed by atoms with Gasteiger partial charge < -0.3 is 21.1 Å². The summed E-state index contributed by atoms with van der Waals surface area (Å²) in [7, 11) is -3.18. The molecule has 3 aromatic rings. The second-order valence-corrected chi connectivity index (χ2v) is 14.1. The molecule has 1 aliphatic heterocycles. The van der Waals surface area contributed by atoms with E-state index in [9.17, 15) is 26.4 Å². The molecule has 9 nitrogen and oxygen atoms in total. The number of aliphatic carboxylic acids is 1. The molecule has 1 aliphatic rings. The van der Waals surface area contributed by atoms with Gasteiger partial charge in [-0.05, 0) is 71.6 Å². The Kier molecular flexibility index (Phi) is 10.7. The Hall–Kier alpha value is -3.42. The molecule has 0 spiro atoms. The number of aromatic amines is 1. The number of carboxylic acid groups (broad SMARTS) is 1. The molecule has 0 radical (unpaired) electrons. The highest BCUT2D eigenvalue weighted by molar-refractivity contribution is 7.89. The van der Waals surface area contributed by atoms with Gasteiger partial charge in [-0.1, -0.05) is 39.0 Å². The summed E-state index contributed by atoms with van der Waals surface area (Å²) in [6.07, 6.45) is -1.63. The zero-order valence-electron chi connectivity index (χ0n) is 24.7. The lowest BCUT2D eigenvalue weighted by Crippen LogP contribution is -2.38. The van der Waals surface area contributed by atoms with Crippen molar-refractivity contribution in [2.24, 2.45) is 11.1 Å². The van der Waals surface area contributed by atoms with Crippen LogP contribution >= 0.6 is 0 Å². The van der Waals surface area contributed by atoms with Crippen LogP contribution in [-0.4, -0.2) is 66.3 Å². The third kappa shape index (κ3) is 9.04. The maximum atomic E-state index is 12.4. The van der Waals surface area contributed by atoms with Gasteiger partial charge in [0.15, 0.2) is 0 Å². The average molecular weight is 625 g/mol. The summed E-state index contributed by atoms with van der Waals surface area (Å²) in [4.78, 5) is 24.6. The first-order chi connectivity index (χ1) is 19.9. The van der Waals surface area contributed by atoms with Gasteiger partial charge in [-0.3, -0.25) is 4.79 Å². The number of alkyl halides is 3. The first kappa shape index (κ1) is 34.1. The summed E-state index contributed by atoms with van der Waals surface area (Å²) < 4.78 is 57.9. The number of hydrogen-bond donors (Lipinski definition) is 4. The van der Waals surface area contributed by atoms with Gasteiger partial charge in [0.1, 0.15) is 0 Å². The zero-order valence-corrected chi connectivity index (χ0v) is 25.5. The van der Waals surface area contributed by atoms with E-state index in [4.69, 9.17) is 15.6 Å². The van der Waals surface area contributed by atoms with Gasteiger partial charge in [0, 0.05) is 37.8 Å². The molecule has 0 aliphatic carbocycles. The highest BCUT2D eigenvalue weighted by Gasteiger charge is 2.38. The molecule has 1 amide bonds. The van der Waals surface area contributed by atoms with Gasteiger partial charge in [0.05, 0.1) is 16.8 Å². The number of nitrogens with two attached hydrogens (primary N) is 1. The SMILES string of the molecule is CCS(=O)(=O)N1CCC(c2c[nH]c3c(C(N)=O)cc(-c4cccc(CNCC(C)(C)C)c4)cc23)CC1.O=C(O)C(F)(F)F. The number of carbonyl (C=O) groups excluding carboxylic acids is 1. The van der Waals surface area contributed by atoms with Crippen LogP contribution in [-0.2, 0) is 21.4 Å². The molecule has 0 saturated carbocycles. The van der Waals surface area contributed by atoms with Gasteiger partial charge >= 0.3 is 12.1 Å². The third-order valence-electron chi connectivity index (χ3n) is 7.23. The number of aromatic nitrogens is 1. The number of nitrogens with one attached hydrogen (secondary N) is 2. The molecule has 236 valence electrons. The fourth-order valence-corrected chi connectivity index (χ4v) is 6.15. The molecule has 2 heterocycles. The molecule has 1 fully saturated rings. The number of carboxylic acids is 1. The van der Waals surface area contributed by atoms with E-state index < -0.39 is 28.1 Å². The van der Waals surface area contributed by atoms with Crippen molar-refractivity contribution in [3.8, 4) is 11.1 Å². The quantitative estimate of drug-likeness (QED) is 0.270. The molecule has 0 bridgehead atoms. The summed E-state index contributed by atoms with van der Waals surface area (Å²) in [5, 5.41) is 11.6. The van der Waals surface area contributed by atoms with Gasteiger partial charge in [0.25, 0.3) is 5.91 Å². The van der Waals surface area contributed by atoms with Crippen LogP contribution in [0.5, 0.6) is 0 Å². The number of rotatable bonds is 8. The average Bonchev–Trinajstić information content (AvgIpc) is 3.36. The zero-order chi connectivity index (χ0) is 32.2. The smallest absolute Gasteiger partial charge is 0.475 e. The van der Waals surface area contributed by atoms with Crippen LogP contribution < -0.4 is 11.1 Å². The van der Waals surface area contributed by atoms with E-state index in [0.29, 0.717) is 18.7 Å². The van der Waals surface area contributed by atoms with Crippen molar-refractivity contribution in [3.05, 3.63) is 59.3 Å². The number of piperidine rings is 1. The number of benzene rings is 2. The van der Waals surface area contributed by atoms with Gasteiger partial charge in [-0.25, -0.2) is 17.5 Å². The topological polar surface area (TPSA) is 146 Å². The minimum Gasteiger partial charge on any atom is -0.475 e. The molecule has 0 unspecified atom stereocenters. The number of halogens is 3. The normalized spacial score (nSPS) is 15.2. The second kappa shape index (κ2) is 13.5. The molecule has 2 aromatic carbocycles. The highest BCUT2D eigenvalue weighted by atomic mass is 32.2. The number of carbonyl (C=O) groups is 2. The molecule has 43 heavy (non-hydrogen) atoms. The molecular formula is C30H39F3N4O5S. The molecule has 5 N–H and O–H groups in total. The molecule has 13 heteroatoms. The summed E-state index contributed by atoms with van der Waals surface area (Å²) >= 11 is 0. The third-order valence-corrected chi connectivity index (χ3v) is 9.11. The Morgan fingerprint density at radius 1 is 1.09 bits per heavy atom. The van der Waals surface area contributed by atoms with Crippen molar-refractivity contribution >= 4 is 32.8 Å². The lowest BCUT2D eigenvalue weighted by atomic mass is 9.88. The van der Waals surface area contributed by atoms with E-state index in [1.165, 1.54) is 5.56 Å². The first-order valence-electron chi connectivity index (χ1n) is 14.0. The van der Waals surface area contributed by atoms with E-state index in [-0.39, 0.29) is 17.1 Å². The highest BCUT2D eigenvalue weighted by Crippen LogP contribution is 2.37. The predicted molar refractivity (Wildman–Crippen MR) is 160 cm³/mol. The van der Waals surface area contributed by atoms with Crippen LogP contribution in [0.25, 0.3) is 22.0 Å². The number of nitrogens with zero attached hydrogens (tertiary/aromatic N) is 1. The Bertz CT molecular complexity index is 1550. The summed E-state index contributed by atoms with van der Waals surface area (Å²) in [5.41, 5.74) is 11.5. The second-order valence-electron chi connectivity index (χ2n) is 11.8. The van der Waals surface area contributed by atoms with Gasteiger partial charge in [-0.2, -0.15) is 13.2 Å². The van der Waals surface area contributed by atoms with E-state index in [0.717, 1.165) is 53.5 Å². The first-order valence-corrected chi connectivity index (χ1v) is 15.6. The van der Waals surface area contributed by atoms with Crippen molar-refractivity contribution in [2.45, 2.75) is 59.2 Å². The number of hydrogen-bond acceptors (Lipinski definition) is 5. The summed E-state index contributed by atoms with van der Waals surface area (Å²) in [5.74, 6) is -2.89. The van der Waals surface area contributed by atoms with Gasteiger partial charge in [-0.15, -0.1) is 0 Å². The molecule has 4 rings (SSSR count). The molecule has 1 saturated heterocycles.